The number of carbonyl (C=O) groups is 2. The van der Waals surface area contributed by atoms with Crippen molar-refractivity contribution in [3.05, 3.63) is 104 Å². The van der Waals surface area contributed by atoms with Gasteiger partial charge in [0, 0.05) is 0 Å². The van der Waals surface area contributed by atoms with Gasteiger partial charge in [-0.3, -0.25) is 0 Å². The Morgan fingerprint density at radius 1 is 0.500 bits per heavy atom. The number of carbonyl (C=O) groups excluding carboxylic acids is 2. The summed E-state index contributed by atoms with van der Waals surface area (Å²) in [4.78, 5) is 25.3. The Balaban J connectivity index is 1.48. The Labute approximate surface area is 226 Å². The van der Waals surface area contributed by atoms with E-state index >= 15 is 0 Å². The maximum Gasteiger partial charge on any atom is 0.338 e. The Bertz CT molecular complexity index is 1250. The molecule has 3 aromatic rings. The van der Waals surface area contributed by atoms with Gasteiger partial charge in [0.1, 0.15) is 0 Å². The summed E-state index contributed by atoms with van der Waals surface area (Å²) in [6.45, 7) is 0. The number of hydrogen-bond donors (Lipinski definition) is 0. The van der Waals surface area contributed by atoms with Crippen LogP contribution in [0.1, 0.15) is 90.9 Å². The van der Waals surface area contributed by atoms with Gasteiger partial charge in [-0.05, 0) is 128 Å². The predicted octanol–water partition coefficient (Wildman–Crippen LogP) is 6.59. The first-order valence-corrected chi connectivity index (χ1v) is 14.1. The van der Waals surface area contributed by atoms with E-state index in [2.05, 4.69) is 42.5 Å². The summed E-state index contributed by atoms with van der Waals surface area (Å²) >= 11 is 0. The molecule has 0 aromatic heterocycles. The van der Waals surface area contributed by atoms with Crippen LogP contribution in [-0.4, -0.2) is 26.2 Å². The summed E-state index contributed by atoms with van der Waals surface area (Å²) in [6.07, 6.45) is 12.1. The highest BCUT2D eigenvalue weighted by Crippen LogP contribution is 2.28. The van der Waals surface area contributed by atoms with Gasteiger partial charge >= 0.3 is 11.9 Å². The fraction of sp³-hybridized carbons (Fsp3) is 0.412. The van der Waals surface area contributed by atoms with E-state index < -0.39 is 11.9 Å². The third-order valence-corrected chi connectivity index (χ3v) is 8.26. The average molecular weight is 511 g/mol. The van der Waals surface area contributed by atoms with Crippen LogP contribution in [0.5, 0.6) is 0 Å². The zero-order valence-electron chi connectivity index (χ0n) is 22.7. The lowest BCUT2D eigenvalue weighted by Crippen LogP contribution is -2.14. The van der Waals surface area contributed by atoms with Crippen molar-refractivity contribution in [2.45, 2.75) is 77.0 Å². The van der Waals surface area contributed by atoms with E-state index in [9.17, 15) is 9.59 Å². The largest absolute Gasteiger partial charge is 0.465 e. The van der Waals surface area contributed by atoms with Gasteiger partial charge in [0.25, 0.3) is 0 Å². The van der Waals surface area contributed by atoms with Gasteiger partial charge in [0.05, 0.1) is 25.3 Å². The lowest BCUT2D eigenvalue weighted by Gasteiger charge is -2.20. The topological polar surface area (TPSA) is 52.6 Å². The van der Waals surface area contributed by atoms with Crippen molar-refractivity contribution >= 4 is 11.9 Å². The molecule has 0 fully saturated rings. The molecule has 38 heavy (non-hydrogen) atoms. The summed E-state index contributed by atoms with van der Waals surface area (Å²) < 4.78 is 10.1. The molecule has 0 amide bonds. The zero-order chi connectivity index (χ0) is 26.5. The van der Waals surface area contributed by atoms with Gasteiger partial charge < -0.3 is 9.47 Å². The molecule has 0 N–H and O–H groups in total. The third-order valence-electron chi connectivity index (χ3n) is 8.26. The average Bonchev–Trinajstić information content (AvgIpc) is 2.92. The number of benzene rings is 3. The summed E-state index contributed by atoms with van der Waals surface area (Å²) in [7, 11) is 2.78. The number of methoxy groups -OCH3 is 2. The van der Waals surface area contributed by atoms with E-state index in [1.807, 2.05) is 0 Å². The van der Waals surface area contributed by atoms with Gasteiger partial charge in [-0.2, -0.15) is 0 Å². The molecule has 8 bridgehead atoms. The van der Waals surface area contributed by atoms with E-state index in [1.54, 1.807) is 6.07 Å². The number of ether oxygens (including phenoxy) is 2. The fourth-order valence-corrected chi connectivity index (χ4v) is 6.28. The molecule has 198 valence electrons. The van der Waals surface area contributed by atoms with Gasteiger partial charge in [0.2, 0.25) is 0 Å². The minimum absolute atomic E-state index is 0.401. The Kier molecular flexibility index (Phi) is 8.26. The van der Waals surface area contributed by atoms with Gasteiger partial charge in [-0.1, -0.05) is 42.5 Å². The lowest BCUT2D eigenvalue weighted by molar-refractivity contribution is 0.0597. The van der Waals surface area contributed by atoms with Crippen LogP contribution in [0.15, 0.2) is 48.5 Å². The minimum atomic E-state index is -0.401. The molecule has 0 spiro atoms. The van der Waals surface area contributed by atoms with Crippen LogP contribution in [0, 0.1) is 0 Å². The molecule has 0 saturated heterocycles. The van der Waals surface area contributed by atoms with Crippen molar-refractivity contribution in [2.24, 2.45) is 0 Å². The second-order valence-electron chi connectivity index (χ2n) is 10.8. The number of aryl methyl sites for hydroxylation is 8. The standard InChI is InChI=1S/C34H38O4/c1-37-33(35)31-22-32(34(36)38-2)30-17-7-15-28-20-27(14-6-16-29(31)21-30)25-12-4-10-23-8-3-9-24(18-23)11-5-13-26(28)19-25/h3,8-9,18-22H,4-7,10-17H2,1-2H3. The van der Waals surface area contributed by atoms with Crippen LogP contribution in [-0.2, 0) is 60.8 Å². The second kappa shape index (κ2) is 12.0. The van der Waals surface area contributed by atoms with Gasteiger partial charge in [-0.15, -0.1) is 0 Å². The van der Waals surface area contributed by atoms with E-state index in [-0.39, 0.29) is 0 Å². The van der Waals surface area contributed by atoms with E-state index in [1.165, 1.54) is 47.6 Å². The van der Waals surface area contributed by atoms with Crippen LogP contribution in [0.2, 0.25) is 0 Å². The van der Waals surface area contributed by atoms with Crippen molar-refractivity contribution in [3.8, 4) is 0 Å². The Morgan fingerprint density at radius 2 is 0.868 bits per heavy atom. The molecule has 0 atom stereocenters. The first-order valence-electron chi connectivity index (χ1n) is 14.1. The highest BCUT2D eigenvalue weighted by atomic mass is 16.5. The quantitative estimate of drug-likeness (QED) is 0.365. The molecule has 2 aliphatic carbocycles. The molecule has 5 rings (SSSR count). The summed E-state index contributed by atoms with van der Waals surface area (Å²) in [5.41, 5.74) is 11.7. The first kappa shape index (κ1) is 26.2. The number of rotatable bonds is 2. The lowest BCUT2D eigenvalue weighted by atomic mass is 9.85. The van der Waals surface area contributed by atoms with Gasteiger partial charge in [0.15, 0.2) is 0 Å². The molecule has 3 aromatic carbocycles. The van der Waals surface area contributed by atoms with Crippen LogP contribution in [0.3, 0.4) is 0 Å². The Morgan fingerprint density at radius 3 is 1.29 bits per heavy atom. The molecular weight excluding hydrogens is 472 g/mol. The smallest absolute Gasteiger partial charge is 0.338 e. The molecule has 0 aliphatic heterocycles. The molecule has 0 unspecified atom stereocenters. The fourth-order valence-electron chi connectivity index (χ4n) is 6.28. The van der Waals surface area contributed by atoms with Crippen molar-refractivity contribution in [1.82, 2.24) is 0 Å². The second-order valence-corrected chi connectivity index (χ2v) is 10.8. The van der Waals surface area contributed by atoms with Crippen molar-refractivity contribution in [1.29, 1.82) is 0 Å². The monoisotopic (exact) mass is 510 g/mol. The summed E-state index contributed by atoms with van der Waals surface area (Å²) in [5.74, 6) is -0.803. The molecule has 0 heterocycles. The van der Waals surface area contributed by atoms with Crippen LogP contribution >= 0.6 is 0 Å². The normalized spacial score (nSPS) is 15.6. The van der Waals surface area contributed by atoms with Crippen molar-refractivity contribution in [2.75, 3.05) is 14.2 Å². The summed E-state index contributed by atoms with van der Waals surface area (Å²) in [5, 5.41) is 0. The molecule has 4 nitrogen and oxygen atoms in total. The maximum absolute atomic E-state index is 12.6. The van der Waals surface area contributed by atoms with Crippen LogP contribution < -0.4 is 0 Å². The highest BCUT2D eigenvalue weighted by molar-refractivity contribution is 5.97. The molecule has 4 heteroatoms. The van der Waals surface area contributed by atoms with Crippen molar-refractivity contribution in [3.63, 3.8) is 0 Å². The maximum atomic E-state index is 12.6. The molecular formula is C34H38O4. The molecule has 0 radical (unpaired) electrons. The highest BCUT2D eigenvalue weighted by Gasteiger charge is 2.21. The number of fused-ring (bicyclic) bond motifs is 10. The van der Waals surface area contributed by atoms with Gasteiger partial charge in [-0.25, -0.2) is 9.59 Å². The first-order chi connectivity index (χ1) is 18.6. The predicted molar refractivity (Wildman–Crippen MR) is 150 cm³/mol. The minimum Gasteiger partial charge on any atom is -0.465 e. The van der Waals surface area contributed by atoms with E-state index in [0.29, 0.717) is 11.1 Å². The van der Waals surface area contributed by atoms with Crippen LogP contribution in [0.4, 0.5) is 0 Å². The number of esters is 2. The molecule has 0 saturated carbocycles. The van der Waals surface area contributed by atoms with Crippen LogP contribution in [0.25, 0.3) is 0 Å². The number of hydrogen-bond acceptors (Lipinski definition) is 4. The zero-order valence-corrected chi connectivity index (χ0v) is 22.7. The Hall–Kier alpha value is -3.40. The van der Waals surface area contributed by atoms with E-state index in [0.717, 1.165) is 88.2 Å². The third kappa shape index (κ3) is 5.85. The summed E-state index contributed by atoms with van der Waals surface area (Å²) in [6, 6.07) is 17.9. The van der Waals surface area contributed by atoms with E-state index in [4.69, 9.17) is 9.47 Å². The molecule has 2 aliphatic rings. The van der Waals surface area contributed by atoms with Crippen molar-refractivity contribution < 1.29 is 19.1 Å². The SMILES string of the molecule is COC(=O)c1cc(C(=O)OC)c2cc1CCCc1cc(c3cc1CCCc1cccc(c1)CCC3)CCC2.